The lowest BCUT2D eigenvalue weighted by molar-refractivity contribution is -0.154. The summed E-state index contributed by atoms with van der Waals surface area (Å²) < 4.78 is 0. The predicted octanol–water partition coefficient (Wildman–Crippen LogP) is 8.69. The topological polar surface area (TPSA) is 17.1 Å². The first-order chi connectivity index (χ1) is 14.6. The maximum atomic E-state index is 13.4. The first-order valence-electron chi connectivity index (χ1n) is 13.8. The van der Waals surface area contributed by atoms with Crippen molar-refractivity contribution in [2.24, 2.45) is 58.2 Å². The van der Waals surface area contributed by atoms with Gasteiger partial charge in [0.05, 0.1) is 0 Å². The van der Waals surface area contributed by atoms with Crippen LogP contribution in [0, 0.1) is 58.2 Å². The fourth-order valence-electron chi connectivity index (χ4n) is 9.66. The van der Waals surface area contributed by atoms with Gasteiger partial charge < -0.3 is 0 Å². The molecule has 0 aromatic rings. The molecule has 0 unspecified atom stereocenters. The van der Waals surface area contributed by atoms with Gasteiger partial charge in [-0.1, -0.05) is 70.3 Å². The highest BCUT2D eigenvalue weighted by Crippen LogP contribution is 2.68. The minimum absolute atomic E-state index is 0.279. The lowest BCUT2D eigenvalue weighted by Gasteiger charge is -2.60. The van der Waals surface area contributed by atoms with E-state index >= 15 is 0 Å². The average molecular weight is 494 g/mol. The molecule has 4 fully saturated rings. The number of Topliss-reactive ketones (excluding diaryl/α,β-unsaturated/α-hetero) is 1. The number of rotatable bonds is 6. The number of halogens is 1. The Morgan fingerprint density at radius 1 is 0.968 bits per heavy atom. The van der Waals surface area contributed by atoms with Crippen LogP contribution in [0.5, 0.6) is 0 Å². The van der Waals surface area contributed by atoms with Crippen molar-refractivity contribution in [1.29, 1.82) is 0 Å². The van der Waals surface area contributed by atoms with Gasteiger partial charge in [0.1, 0.15) is 5.78 Å². The van der Waals surface area contributed by atoms with E-state index in [1.165, 1.54) is 57.8 Å². The number of alkyl halides is 1. The smallest absolute Gasteiger partial charge is 0.136 e. The summed E-state index contributed by atoms with van der Waals surface area (Å²) in [5.74, 6) is 6.65. The molecule has 4 aliphatic carbocycles. The zero-order valence-corrected chi connectivity index (χ0v) is 22.8. The van der Waals surface area contributed by atoms with E-state index in [9.17, 15) is 4.79 Å². The Morgan fingerprint density at radius 3 is 2.32 bits per heavy atom. The molecule has 0 radical (unpaired) electrons. The Morgan fingerprint density at radius 2 is 1.65 bits per heavy atom. The molecule has 0 aromatic carbocycles. The second-order valence-electron chi connectivity index (χ2n) is 13.2. The summed E-state index contributed by atoms with van der Waals surface area (Å²) in [7, 11) is 0. The molecule has 0 saturated heterocycles. The summed E-state index contributed by atoms with van der Waals surface area (Å²) in [5, 5.41) is 0. The molecule has 10 atom stereocenters. The molecule has 4 aliphatic rings. The maximum Gasteiger partial charge on any atom is 0.136 e. The van der Waals surface area contributed by atoms with Crippen LogP contribution in [0.4, 0.5) is 0 Å². The van der Waals surface area contributed by atoms with Crippen LogP contribution >= 0.6 is 15.9 Å². The van der Waals surface area contributed by atoms with Crippen molar-refractivity contribution in [1.82, 2.24) is 0 Å². The number of carbonyl (C=O) groups is 1. The van der Waals surface area contributed by atoms with Gasteiger partial charge in [-0.3, -0.25) is 4.79 Å². The molecule has 0 heterocycles. The van der Waals surface area contributed by atoms with Crippen molar-refractivity contribution >= 4 is 21.7 Å². The largest absolute Gasteiger partial charge is 0.299 e. The summed E-state index contributed by atoms with van der Waals surface area (Å²) in [4.78, 5) is 14.0. The monoisotopic (exact) mass is 492 g/mol. The standard InChI is InChI=1S/C29H49BrO/c1-7-20(18(2)3)9-8-19(4)23-10-11-24-22-17-27(31)26-16-21(30)12-14-29(26,6)25(22)13-15-28(23,24)5/h18-26H,7-17H2,1-6H3/t19-,20+,21+,22+,23-,24+,25+,26-,28-,29-/m1/s1. The highest BCUT2D eigenvalue weighted by atomic mass is 79.9. The Labute approximate surface area is 201 Å². The van der Waals surface area contributed by atoms with E-state index < -0.39 is 0 Å². The Kier molecular flexibility index (Phi) is 7.10. The molecule has 31 heavy (non-hydrogen) atoms. The summed E-state index contributed by atoms with van der Waals surface area (Å²) in [6, 6.07) is 0. The fourth-order valence-corrected chi connectivity index (χ4v) is 10.3. The minimum Gasteiger partial charge on any atom is -0.299 e. The molecule has 178 valence electrons. The molecule has 0 N–H and O–H groups in total. The first-order valence-corrected chi connectivity index (χ1v) is 14.7. The van der Waals surface area contributed by atoms with Gasteiger partial charge in [0.2, 0.25) is 0 Å². The fraction of sp³-hybridized carbons (Fsp3) is 0.966. The average Bonchev–Trinajstić information content (AvgIpc) is 3.07. The summed E-state index contributed by atoms with van der Waals surface area (Å²) >= 11 is 3.85. The number of fused-ring (bicyclic) bond motifs is 5. The van der Waals surface area contributed by atoms with E-state index in [0.29, 0.717) is 27.9 Å². The lowest BCUT2D eigenvalue weighted by atomic mass is 9.44. The van der Waals surface area contributed by atoms with Gasteiger partial charge in [-0.05, 0) is 104 Å². The summed E-state index contributed by atoms with van der Waals surface area (Å²) in [6.07, 6.45) is 14.3. The van der Waals surface area contributed by atoms with Gasteiger partial charge in [0.15, 0.2) is 0 Å². The van der Waals surface area contributed by atoms with Crippen molar-refractivity contribution in [2.75, 3.05) is 0 Å². The molecule has 0 spiro atoms. The molecule has 0 amide bonds. The molecule has 0 aliphatic heterocycles. The van der Waals surface area contributed by atoms with Crippen molar-refractivity contribution in [3.63, 3.8) is 0 Å². The number of hydrogen-bond acceptors (Lipinski definition) is 1. The molecule has 0 aromatic heterocycles. The van der Waals surface area contributed by atoms with Crippen LogP contribution in [-0.2, 0) is 4.79 Å². The van der Waals surface area contributed by atoms with Gasteiger partial charge in [-0.25, -0.2) is 0 Å². The van der Waals surface area contributed by atoms with Gasteiger partial charge in [0, 0.05) is 17.2 Å². The maximum absolute atomic E-state index is 13.4. The predicted molar refractivity (Wildman–Crippen MR) is 135 cm³/mol. The molecule has 4 rings (SSSR count). The summed E-state index contributed by atoms with van der Waals surface area (Å²) in [6.45, 7) is 14.9. The van der Waals surface area contributed by atoms with Crippen molar-refractivity contribution in [3.8, 4) is 0 Å². The number of hydrogen-bond donors (Lipinski definition) is 0. The van der Waals surface area contributed by atoms with E-state index in [-0.39, 0.29) is 5.41 Å². The van der Waals surface area contributed by atoms with Crippen LogP contribution in [0.25, 0.3) is 0 Å². The molecular formula is C29H49BrO. The molecule has 1 nitrogen and oxygen atoms in total. The highest BCUT2D eigenvalue weighted by molar-refractivity contribution is 9.09. The van der Waals surface area contributed by atoms with Crippen LogP contribution < -0.4 is 0 Å². The zero-order chi connectivity index (χ0) is 22.6. The first kappa shape index (κ1) is 24.3. The van der Waals surface area contributed by atoms with Gasteiger partial charge in [0.25, 0.3) is 0 Å². The quantitative estimate of drug-likeness (QED) is 0.338. The van der Waals surface area contributed by atoms with Crippen molar-refractivity contribution in [2.45, 2.75) is 117 Å². The molecule has 2 heteroatoms. The minimum atomic E-state index is 0.279. The van der Waals surface area contributed by atoms with Crippen LogP contribution in [-0.4, -0.2) is 10.6 Å². The van der Waals surface area contributed by atoms with E-state index in [1.807, 2.05) is 0 Å². The van der Waals surface area contributed by atoms with Crippen LogP contribution in [0.2, 0.25) is 0 Å². The van der Waals surface area contributed by atoms with E-state index in [4.69, 9.17) is 0 Å². The van der Waals surface area contributed by atoms with Gasteiger partial charge >= 0.3 is 0 Å². The summed E-state index contributed by atoms with van der Waals surface area (Å²) in [5.41, 5.74) is 0.761. The third-order valence-electron chi connectivity index (χ3n) is 11.6. The van der Waals surface area contributed by atoms with Crippen LogP contribution in [0.3, 0.4) is 0 Å². The van der Waals surface area contributed by atoms with Crippen molar-refractivity contribution < 1.29 is 4.79 Å². The van der Waals surface area contributed by atoms with E-state index in [2.05, 4.69) is 57.5 Å². The lowest BCUT2D eigenvalue weighted by Crippen LogP contribution is -2.56. The Balaban J connectivity index is 1.49. The normalized spacial score (nSPS) is 46.9. The highest BCUT2D eigenvalue weighted by Gasteiger charge is 2.62. The van der Waals surface area contributed by atoms with Crippen molar-refractivity contribution in [3.05, 3.63) is 0 Å². The van der Waals surface area contributed by atoms with Crippen LogP contribution in [0.15, 0.2) is 0 Å². The SMILES string of the molecule is CC[C@@H](CC[C@@H](C)[C@H]1CC[C@H]2[C@@H]3CC(=O)[C@H]4C[C@@H](Br)CC[C@]4(C)[C@H]3CC[C@]12C)C(C)C. The molecule has 4 saturated carbocycles. The number of carbonyl (C=O) groups excluding carboxylic acids is 1. The third kappa shape index (κ3) is 4.12. The number of ketones is 1. The third-order valence-corrected chi connectivity index (χ3v) is 12.4. The molecule has 0 bridgehead atoms. The van der Waals surface area contributed by atoms with E-state index in [1.54, 1.807) is 0 Å². The van der Waals surface area contributed by atoms with E-state index in [0.717, 1.165) is 48.3 Å². The zero-order valence-electron chi connectivity index (χ0n) is 21.3. The Bertz CT molecular complexity index is 657. The van der Waals surface area contributed by atoms with Gasteiger partial charge in [-0.2, -0.15) is 0 Å². The molecular weight excluding hydrogens is 444 g/mol. The Hall–Kier alpha value is 0.150. The second kappa shape index (κ2) is 9.07. The van der Waals surface area contributed by atoms with Crippen LogP contribution in [0.1, 0.15) is 112 Å². The van der Waals surface area contributed by atoms with Gasteiger partial charge in [-0.15, -0.1) is 0 Å². The second-order valence-corrected chi connectivity index (χ2v) is 14.5.